The smallest absolute Gasteiger partial charge is 0.297 e. The van der Waals surface area contributed by atoms with Crippen molar-refractivity contribution in [2.75, 3.05) is 32.3 Å². The summed E-state index contributed by atoms with van der Waals surface area (Å²) >= 11 is 0. The van der Waals surface area contributed by atoms with E-state index in [1.54, 1.807) is 35.2 Å². The number of carbonyl (C=O) groups is 2. The van der Waals surface area contributed by atoms with Gasteiger partial charge in [-0.3, -0.25) is 19.0 Å². The first-order valence-corrected chi connectivity index (χ1v) is 22.1. The number of aliphatic hydroxyl groups is 1. The number of ether oxygens (including phenoxy) is 3. The highest BCUT2D eigenvalue weighted by atomic mass is 28.3. The number of rotatable bonds is 13. The zero-order valence-corrected chi connectivity index (χ0v) is 33.6. The lowest BCUT2D eigenvalue weighted by Crippen LogP contribution is -2.52. The van der Waals surface area contributed by atoms with Gasteiger partial charge in [-0.25, -0.2) is 0 Å². The summed E-state index contributed by atoms with van der Waals surface area (Å²) in [6.45, 7) is 7.30. The van der Waals surface area contributed by atoms with Gasteiger partial charge in [-0.05, 0) is 59.1 Å². The van der Waals surface area contributed by atoms with Crippen molar-refractivity contribution in [3.63, 3.8) is 0 Å². The molecule has 1 aromatic heterocycles. The summed E-state index contributed by atoms with van der Waals surface area (Å²) in [6, 6.07) is 36.7. The van der Waals surface area contributed by atoms with Gasteiger partial charge in [0.2, 0.25) is 5.91 Å². The van der Waals surface area contributed by atoms with Crippen molar-refractivity contribution in [3.8, 4) is 17.2 Å². The summed E-state index contributed by atoms with van der Waals surface area (Å²) < 4.78 is 19.5. The van der Waals surface area contributed by atoms with Gasteiger partial charge in [0.25, 0.3) is 11.5 Å². The van der Waals surface area contributed by atoms with E-state index in [0.717, 1.165) is 28.1 Å². The highest BCUT2D eigenvalue weighted by molar-refractivity contribution is 6.91. The number of anilines is 1. The highest BCUT2D eigenvalue weighted by Crippen LogP contribution is 2.60. The zero-order chi connectivity index (χ0) is 39.6. The van der Waals surface area contributed by atoms with E-state index in [1.165, 1.54) is 16.9 Å². The molecule has 0 aliphatic carbocycles. The number of pyridine rings is 1. The van der Waals surface area contributed by atoms with Gasteiger partial charge < -0.3 is 29.1 Å². The number of para-hydroxylation sites is 1. The predicted molar refractivity (Wildman–Crippen MR) is 219 cm³/mol. The van der Waals surface area contributed by atoms with Crippen LogP contribution < -0.4 is 25.1 Å². The van der Waals surface area contributed by atoms with Gasteiger partial charge in [0.1, 0.15) is 5.75 Å². The minimum atomic E-state index is -2.52. The van der Waals surface area contributed by atoms with E-state index in [2.05, 4.69) is 32.2 Å². The number of nitrogens with zero attached hydrogens (tertiary/aromatic N) is 3. The monoisotopic (exact) mass is 771 g/mol. The molecule has 7 rings (SSSR count). The van der Waals surface area contributed by atoms with Crippen LogP contribution in [0.2, 0.25) is 18.6 Å². The third-order valence-corrected chi connectivity index (χ3v) is 16.1. The molecule has 290 valence electrons. The van der Waals surface area contributed by atoms with Crippen LogP contribution in [0.3, 0.4) is 0 Å². The van der Waals surface area contributed by atoms with E-state index in [4.69, 9.17) is 14.2 Å². The largest absolute Gasteiger partial charge is 0.497 e. The molecule has 2 aliphatic heterocycles. The number of aromatic nitrogens is 1. The Morgan fingerprint density at radius 3 is 2.30 bits per heavy atom. The van der Waals surface area contributed by atoms with E-state index in [1.807, 2.05) is 91.0 Å². The van der Waals surface area contributed by atoms with Gasteiger partial charge in [0.15, 0.2) is 11.4 Å². The molecular weight excluding hydrogens is 723 g/mol. The molecule has 10 nitrogen and oxygen atoms in total. The third-order valence-electron chi connectivity index (χ3n) is 11.7. The van der Waals surface area contributed by atoms with Crippen LogP contribution in [0.25, 0.3) is 5.69 Å². The lowest BCUT2D eigenvalue weighted by atomic mass is 9.82. The fourth-order valence-corrected chi connectivity index (χ4v) is 13.0. The fourth-order valence-electron chi connectivity index (χ4n) is 8.96. The van der Waals surface area contributed by atoms with E-state index in [-0.39, 0.29) is 60.7 Å². The van der Waals surface area contributed by atoms with Crippen LogP contribution in [0.5, 0.6) is 11.5 Å². The van der Waals surface area contributed by atoms with Crippen LogP contribution in [-0.4, -0.2) is 67.9 Å². The van der Waals surface area contributed by atoms with Gasteiger partial charge in [-0.1, -0.05) is 98.0 Å². The molecule has 2 aliphatic rings. The molecule has 0 bridgehead atoms. The summed E-state index contributed by atoms with van der Waals surface area (Å²) in [7, 11) is 0.600. The Kier molecular flexibility index (Phi) is 11.0. The molecule has 3 heterocycles. The van der Waals surface area contributed by atoms with Crippen molar-refractivity contribution in [2.45, 2.75) is 56.8 Å². The molecule has 4 atom stereocenters. The van der Waals surface area contributed by atoms with E-state index >= 15 is 4.79 Å². The Labute approximate surface area is 328 Å². The SMILES string of the molecule is COc1ccc([Si](C)(C)[C@@H]2[C@@H](CC(=O)N(CCO)Cc3ccccc3)O[C@]3(C(=O)N(Cc4cccc(-n5cccc(OC)c5=O)c4)c4ccccc43)[C@H]2C)cc1. The van der Waals surface area contributed by atoms with Crippen molar-refractivity contribution in [1.82, 2.24) is 9.47 Å². The standard InChI is InChI=1S/C45H49N3O7Si/c1-31-42(56(4,5)36-22-20-35(53-2)21-23-36)40(28-41(50)46(25-26-49)29-32-13-7-6-8-14-32)55-45(31)37-17-9-10-18-38(37)48(44(45)52)30-33-15-11-16-34(27-33)47-24-12-19-39(54-3)43(47)51/h6-24,27,31,40,42,49H,25-26,28-30H2,1-5H3/t31-,40+,42-,45+/m0/s1. The van der Waals surface area contributed by atoms with Gasteiger partial charge >= 0.3 is 0 Å². The maximum atomic E-state index is 15.3. The molecule has 0 radical (unpaired) electrons. The summed E-state index contributed by atoms with van der Waals surface area (Å²) in [5, 5.41) is 11.2. The maximum absolute atomic E-state index is 15.3. The number of amides is 2. The first-order valence-electron chi connectivity index (χ1n) is 19.0. The van der Waals surface area contributed by atoms with E-state index in [0.29, 0.717) is 12.2 Å². The first-order chi connectivity index (χ1) is 27.0. The molecule has 1 N–H and O–H groups in total. The number of aliphatic hydroxyl groups excluding tert-OH is 1. The number of carbonyl (C=O) groups excluding carboxylic acids is 2. The predicted octanol–water partition coefficient (Wildman–Crippen LogP) is 6.03. The number of fused-ring (bicyclic) bond motifs is 2. The first kappa shape index (κ1) is 38.8. The molecule has 1 saturated heterocycles. The topological polar surface area (TPSA) is 111 Å². The van der Waals surface area contributed by atoms with Crippen LogP contribution >= 0.6 is 0 Å². The van der Waals surface area contributed by atoms with Gasteiger partial charge in [-0.2, -0.15) is 0 Å². The summed E-state index contributed by atoms with van der Waals surface area (Å²) in [6.07, 6.45) is 1.17. The van der Waals surface area contributed by atoms with Crippen LogP contribution in [0.1, 0.15) is 30.0 Å². The van der Waals surface area contributed by atoms with Gasteiger partial charge in [0, 0.05) is 36.5 Å². The van der Waals surface area contributed by atoms with Crippen molar-refractivity contribution >= 4 is 30.8 Å². The summed E-state index contributed by atoms with van der Waals surface area (Å²) in [5.41, 5.74) is 2.23. The minimum absolute atomic E-state index is 0.0585. The Balaban J connectivity index is 1.27. The Hall–Kier alpha value is -5.49. The second-order valence-electron chi connectivity index (χ2n) is 15.2. The van der Waals surface area contributed by atoms with Crippen LogP contribution in [-0.2, 0) is 33.0 Å². The highest BCUT2D eigenvalue weighted by Gasteiger charge is 2.66. The summed E-state index contributed by atoms with van der Waals surface area (Å²) in [4.78, 5) is 46.2. The number of hydrogen-bond acceptors (Lipinski definition) is 7. The van der Waals surface area contributed by atoms with Crippen molar-refractivity contribution < 1.29 is 28.9 Å². The van der Waals surface area contributed by atoms with Crippen LogP contribution in [0, 0.1) is 5.92 Å². The number of benzene rings is 4. The third kappa shape index (κ3) is 6.95. The molecule has 56 heavy (non-hydrogen) atoms. The fraction of sp³-hybridized carbons (Fsp3) is 0.311. The number of methoxy groups -OCH3 is 2. The average Bonchev–Trinajstić information content (AvgIpc) is 3.64. The molecule has 0 saturated carbocycles. The van der Waals surface area contributed by atoms with Crippen LogP contribution in [0.15, 0.2) is 126 Å². The normalized spacial score (nSPS) is 20.3. The molecular formula is C45H49N3O7Si. The van der Waals surface area contributed by atoms with Crippen molar-refractivity contribution in [2.24, 2.45) is 5.92 Å². The minimum Gasteiger partial charge on any atom is -0.497 e. The maximum Gasteiger partial charge on any atom is 0.297 e. The van der Waals surface area contributed by atoms with Crippen molar-refractivity contribution in [1.29, 1.82) is 0 Å². The molecule has 5 aromatic rings. The summed E-state index contributed by atoms with van der Waals surface area (Å²) in [5.74, 6) is 0.380. The molecule has 1 spiro atoms. The Morgan fingerprint density at radius 1 is 0.875 bits per heavy atom. The molecule has 2 amide bonds. The molecule has 4 aromatic carbocycles. The second kappa shape index (κ2) is 15.9. The van der Waals surface area contributed by atoms with E-state index < -0.39 is 19.8 Å². The Bertz CT molecular complexity index is 2260. The lowest BCUT2D eigenvalue weighted by molar-refractivity contribution is -0.150. The second-order valence-corrected chi connectivity index (χ2v) is 19.9. The molecule has 1 fully saturated rings. The zero-order valence-electron chi connectivity index (χ0n) is 32.6. The van der Waals surface area contributed by atoms with Gasteiger partial charge in [-0.15, -0.1) is 0 Å². The molecule has 0 unspecified atom stereocenters. The molecule has 11 heteroatoms. The van der Waals surface area contributed by atoms with E-state index in [9.17, 15) is 14.7 Å². The quantitative estimate of drug-likeness (QED) is 0.146. The van der Waals surface area contributed by atoms with Crippen molar-refractivity contribution in [3.05, 3.63) is 149 Å². The van der Waals surface area contributed by atoms with Crippen LogP contribution in [0.4, 0.5) is 5.69 Å². The Morgan fingerprint density at radius 2 is 1.59 bits per heavy atom. The average molecular weight is 772 g/mol. The lowest BCUT2D eigenvalue weighted by Gasteiger charge is -2.37. The van der Waals surface area contributed by atoms with Gasteiger partial charge in [0.05, 0.1) is 53.7 Å². The number of hydrogen-bond donors (Lipinski definition) is 1.